The highest BCUT2D eigenvalue weighted by Crippen LogP contribution is 2.37. The molecule has 0 bridgehead atoms. The van der Waals surface area contributed by atoms with Crippen LogP contribution in [0.5, 0.6) is 0 Å². The zero-order chi connectivity index (χ0) is 25.8. The van der Waals surface area contributed by atoms with Crippen molar-refractivity contribution in [3.05, 3.63) is 61.9 Å². The maximum absolute atomic E-state index is 13.9. The Labute approximate surface area is 220 Å². The molecule has 3 heterocycles. The van der Waals surface area contributed by atoms with Crippen LogP contribution in [0.25, 0.3) is 0 Å². The number of ether oxygens (including phenoxy) is 2. The summed E-state index contributed by atoms with van der Waals surface area (Å²) in [5.41, 5.74) is 1.46. The fourth-order valence-corrected chi connectivity index (χ4v) is 5.64. The number of amidine groups is 1. The van der Waals surface area contributed by atoms with Crippen LogP contribution in [0.3, 0.4) is 0 Å². The number of aromatic nitrogens is 1. The first-order chi connectivity index (χ1) is 17.3. The molecule has 0 aliphatic carbocycles. The minimum absolute atomic E-state index is 0.00216. The largest absolute Gasteiger partial charge is 0.481 e. The Kier molecular flexibility index (Phi) is 8.50. The lowest BCUT2D eigenvalue weighted by atomic mass is 9.94. The highest BCUT2D eigenvalue weighted by atomic mass is 79.9. The highest BCUT2D eigenvalue weighted by Gasteiger charge is 2.37. The molecule has 2 aliphatic heterocycles. The maximum Gasteiger partial charge on any atom is 0.338 e. The average Bonchev–Trinajstić information content (AvgIpc) is 3.38. The summed E-state index contributed by atoms with van der Waals surface area (Å²) in [6.07, 6.45) is 1.88. The van der Waals surface area contributed by atoms with E-state index in [1.54, 1.807) is 12.3 Å². The second-order valence-corrected chi connectivity index (χ2v) is 10.2. The number of esters is 1. The van der Waals surface area contributed by atoms with E-state index in [0.29, 0.717) is 58.3 Å². The number of halogens is 2. The predicted molar refractivity (Wildman–Crippen MR) is 135 cm³/mol. The van der Waals surface area contributed by atoms with Gasteiger partial charge in [-0.15, -0.1) is 11.3 Å². The number of hydrogen-bond donors (Lipinski definition) is 2. The van der Waals surface area contributed by atoms with Crippen LogP contribution in [0.4, 0.5) is 4.39 Å². The molecule has 3 atom stereocenters. The van der Waals surface area contributed by atoms with Crippen LogP contribution in [0, 0.1) is 5.82 Å². The molecular formula is C24H26BrFN4O5S. The SMILES string of the molecule is COC(=O)C1=C(CN2CCO[C@@H](C)[C@@H]2CCC(=O)O)NC(c2nccs2)=N[C@H]1c1ccc(F)cc1Br. The van der Waals surface area contributed by atoms with E-state index >= 15 is 0 Å². The van der Waals surface area contributed by atoms with Gasteiger partial charge in [-0.05, 0) is 31.0 Å². The van der Waals surface area contributed by atoms with Gasteiger partial charge in [-0.2, -0.15) is 0 Å². The molecule has 0 spiro atoms. The van der Waals surface area contributed by atoms with Gasteiger partial charge in [0.2, 0.25) is 0 Å². The number of carbonyl (C=O) groups excluding carboxylic acids is 1. The van der Waals surface area contributed by atoms with Gasteiger partial charge in [0.15, 0.2) is 10.8 Å². The van der Waals surface area contributed by atoms with E-state index in [1.807, 2.05) is 12.3 Å². The first-order valence-corrected chi connectivity index (χ1v) is 13.0. The number of carboxylic acids is 1. The van der Waals surface area contributed by atoms with E-state index in [2.05, 4.69) is 31.1 Å². The van der Waals surface area contributed by atoms with Crippen LogP contribution in [0.1, 0.15) is 36.4 Å². The van der Waals surface area contributed by atoms with Crippen molar-refractivity contribution in [2.75, 3.05) is 26.8 Å². The molecular weight excluding hydrogens is 555 g/mol. The normalized spacial score (nSPS) is 22.7. The quantitative estimate of drug-likeness (QED) is 0.456. The van der Waals surface area contributed by atoms with Gasteiger partial charge in [0, 0.05) is 47.3 Å². The number of carboxylic acid groups (broad SMARTS) is 1. The van der Waals surface area contributed by atoms with E-state index in [9.17, 15) is 19.1 Å². The molecule has 1 fully saturated rings. The van der Waals surface area contributed by atoms with Crippen molar-refractivity contribution < 1.29 is 28.6 Å². The second kappa shape index (κ2) is 11.6. The van der Waals surface area contributed by atoms with E-state index in [0.717, 1.165) is 0 Å². The van der Waals surface area contributed by atoms with Crippen molar-refractivity contribution in [3.8, 4) is 0 Å². The lowest BCUT2D eigenvalue weighted by Gasteiger charge is -2.41. The van der Waals surface area contributed by atoms with E-state index in [1.165, 1.54) is 30.6 Å². The summed E-state index contributed by atoms with van der Waals surface area (Å²) in [4.78, 5) is 35.7. The van der Waals surface area contributed by atoms with Gasteiger partial charge in [0.05, 0.1) is 25.4 Å². The first kappa shape index (κ1) is 26.4. The third kappa shape index (κ3) is 5.83. The number of aliphatic carboxylic acids is 1. The van der Waals surface area contributed by atoms with Crippen LogP contribution in [0.15, 0.2) is 50.5 Å². The van der Waals surface area contributed by atoms with Crippen LogP contribution in [-0.2, 0) is 19.1 Å². The monoisotopic (exact) mass is 580 g/mol. The first-order valence-electron chi connectivity index (χ1n) is 11.4. The molecule has 0 amide bonds. The molecule has 1 saturated heterocycles. The number of aliphatic imine (C=N–C) groups is 1. The second-order valence-electron chi connectivity index (χ2n) is 8.44. The molecule has 0 radical (unpaired) electrons. The summed E-state index contributed by atoms with van der Waals surface area (Å²) in [6.45, 7) is 3.26. The van der Waals surface area contributed by atoms with Crippen molar-refractivity contribution in [1.82, 2.24) is 15.2 Å². The Morgan fingerprint density at radius 2 is 2.22 bits per heavy atom. The van der Waals surface area contributed by atoms with Crippen molar-refractivity contribution in [3.63, 3.8) is 0 Å². The van der Waals surface area contributed by atoms with Crippen LogP contribution in [0.2, 0.25) is 0 Å². The van der Waals surface area contributed by atoms with Gasteiger partial charge >= 0.3 is 11.9 Å². The lowest BCUT2D eigenvalue weighted by Crippen LogP contribution is -2.52. The number of nitrogens with zero attached hydrogens (tertiary/aromatic N) is 3. The molecule has 1 aromatic heterocycles. The summed E-state index contributed by atoms with van der Waals surface area (Å²) in [5, 5.41) is 15.0. The number of morpholine rings is 1. The number of hydrogen-bond acceptors (Lipinski definition) is 9. The molecule has 2 aromatic rings. The predicted octanol–water partition coefficient (Wildman–Crippen LogP) is 3.52. The summed E-state index contributed by atoms with van der Waals surface area (Å²) in [7, 11) is 1.30. The third-order valence-electron chi connectivity index (χ3n) is 6.21. The third-order valence-corrected chi connectivity index (χ3v) is 7.68. The Morgan fingerprint density at radius 3 is 2.89 bits per heavy atom. The Bertz CT molecular complexity index is 1190. The maximum atomic E-state index is 13.9. The van der Waals surface area contributed by atoms with Crippen molar-refractivity contribution in [2.45, 2.75) is 38.0 Å². The summed E-state index contributed by atoms with van der Waals surface area (Å²) < 4.78 is 25.3. The van der Waals surface area contributed by atoms with Gasteiger partial charge in [0.25, 0.3) is 0 Å². The number of rotatable bonds is 8. The zero-order valence-electron chi connectivity index (χ0n) is 19.7. The topological polar surface area (TPSA) is 113 Å². The van der Waals surface area contributed by atoms with Crippen molar-refractivity contribution >= 4 is 45.0 Å². The Morgan fingerprint density at radius 1 is 1.42 bits per heavy atom. The lowest BCUT2D eigenvalue weighted by molar-refractivity contribution is -0.138. The molecule has 2 aliphatic rings. The van der Waals surface area contributed by atoms with E-state index < -0.39 is 23.8 Å². The number of thiazole rings is 1. The zero-order valence-corrected chi connectivity index (χ0v) is 22.1. The number of benzene rings is 1. The van der Waals surface area contributed by atoms with E-state index in [-0.39, 0.29) is 18.6 Å². The smallest absolute Gasteiger partial charge is 0.338 e. The molecule has 0 saturated carbocycles. The fraction of sp³-hybridized carbons (Fsp3) is 0.417. The molecule has 1 aromatic carbocycles. The average molecular weight is 581 g/mol. The summed E-state index contributed by atoms with van der Waals surface area (Å²) in [5.74, 6) is -1.38. The molecule has 192 valence electrons. The summed E-state index contributed by atoms with van der Waals surface area (Å²) >= 11 is 4.82. The number of nitrogens with one attached hydrogen (secondary N) is 1. The molecule has 4 rings (SSSR count). The van der Waals surface area contributed by atoms with Crippen LogP contribution < -0.4 is 5.32 Å². The minimum Gasteiger partial charge on any atom is -0.481 e. The molecule has 0 unspecified atom stereocenters. The Balaban J connectivity index is 1.78. The van der Waals surface area contributed by atoms with Crippen LogP contribution >= 0.6 is 27.3 Å². The fourth-order valence-electron chi connectivity index (χ4n) is 4.49. The van der Waals surface area contributed by atoms with Crippen molar-refractivity contribution in [1.29, 1.82) is 0 Å². The van der Waals surface area contributed by atoms with Gasteiger partial charge < -0.3 is 19.9 Å². The molecule has 9 nitrogen and oxygen atoms in total. The molecule has 36 heavy (non-hydrogen) atoms. The van der Waals surface area contributed by atoms with Gasteiger partial charge in [-0.3, -0.25) is 14.7 Å². The van der Waals surface area contributed by atoms with Gasteiger partial charge in [-0.1, -0.05) is 22.0 Å². The summed E-state index contributed by atoms with van der Waals surface area (Å²) in [6, 6.07) is 3.29. The molecule has 2 N–H and O–H groups in total. The van der Waals surface area contributed by atoms with Gasteiger partial charge in [0.1, 0.15) is 11.9 Å². The van der Waals surface area contributed by atoms with Crippen LogP contribution in [-0.4, -0.2) is 71.7 Å². The standard InChI is InChI=1S/C24H26BrFN4O5S/c1-13-18(5-6-19(31)32)30(8-9-35-13)12-17-20(24(33)34-2)21(15-4-3-14(26)11-16(15)25)29-22(28-17)23-27-7-10-36-23/h3-4,7,10-11,13,18,21H,5-6,8-9,12H2,1-2H3,(H,28,29)(H,31,32)/t13-,18-,21-/m0/s1. The minimum atomic E-state index is -0.877. The van der Waals surface area contributed by atoms with Gasteiger partial charge in [-0.25, -0.2) is 14.2 Å². The highest BCUT2D eigenvalue weighted by molar-refractivity contribution is 9.10. The van der Waals surface area contributed by atoms with Crippen molar-refractivity contribution in [2.24, 2.45) is 4.99 Å². The molecule has 12 heteroatoms. The number of carbonyl (C=O) groups is 2. The number of methoxy groups -OCH3 is 1. The Hall–Kier alpha value is -2.67. The van der Waals surface area contributed by atoms with E-state index in [4.69, 9.17) is 14.5 Å².